The number of nitriles is 1. The molecule has 0 aliphatic carbocycles. The Morgan fingerprint density at radius 1 is 1.58 bits per heavy atom. The molecule has 1 amide bonds. The topological polar surface area (TPSA) is 92.1 Å². The fourth-order valence-corrected chi connectivity index (χ4v) is 1.50. The van der Waals surface area contributed by atoms with E-state index in [0.29, 0.717) is 5.56 Å². The van der Waals surface area contributed by atoms with Gasteiger partial charge in [-0.3, -0.25) is 9.78 Å². The Morgan fingerprint density at radius 2 is 2.32 bits per heavy atom. The minimum atomic E-state index is -0.840. The highest BCUT2D eigenvalue weighted by molar-refractivity contribution is 5.96. The summed E-state index contributed by atoms with van der Waals surface area (Å²) in [5, 5.41) is 11.3. The third kappa shape index (κ3) is 4.39. The first-order chi connectivity index (χ1) is 9.08. The highest BCUT2D eigenvalue weighted by Gasteiger charge is 2.24. The maximum atomic E-state index is 11.9. The van der Waals surface area contributed by atoms with Gasteiger partial charge in [0.1, 0.15) is 6.04 Å². The third-order valence-electron chi connectivity index (χ3n) is 2.52. The van der Waals surface area contributed by atoms with Crippen LogP contribution in [0, 0.1) is 17.2 Å². The first kappa shape index (κ1) is 14.6. The molecule has 1 aromatic heterocycles. The van der Waals surface area contributed by atoms with Crippen molar-refractivity contribution in [1.29, 1.82) is 5.26 Å². The van der Waals surface area contributed by atoms with Crippen molar-refractivity contribution in [1.82, 2.24) is 10.3 Å². The number of pyridine rings is 1. The van der Waals surface area contributed by atoms with Gasteiger partial charge in [0.15, 0.2) is 0 Å². The van der Waals surface area contributed by atoms with Gasteiger partial charge in [0.05, 0.1) is 18.7 Å². The van der Waals surface area contributed by atoms with Crippen molar-refractivity contribution >= 4 is 11.9 Å². The summed E-state index contributed by atoms with van der Waals surface area (Å²) < 4.78 is 4.62. The van der Waals surface area contributed by atoms with Crippen molar-refractivity contribution in [2.24, 2.45) is 5.92 Å². The summed E-state index contributed by atoms with van der Waals surface area (Å²) in [6, 6.07) is 4.39. The van der Waals surface area contributed by atoms with Gasteiger partial charge in [0.25, 0.3) is 5.91 Å². The molecule has 100 valence electrons. The van der Waals surface area contributed by atoms with Crippen LogP contribution in [0.4, 0.5) is 0 Å². The number of carbonyl (C=O) groups excluding carboxylic acids is 2. The minimum Gasteiger partial charge on any atom is -0.467 e. The standard InChI is InChI=1S/C13H15N3O3/c1-9(7-14)6-11(13(18)19-2)16-12(17)10-4-3-5-15-8-10/h3-5,8-9,11H,6H2,1-2H3,(H,16,17)/t9-,11+/m0/s1. The van der Waals surface area contributed by atoms with E-state index in [4.69, 9.17) is 5.26 Å². The molecule has 0 aliphatic heterocycles. The van der Waals surface area contributed by atoms with Gasteiger partial charge in [-0.1, -0.05) is 0 Å². The van der Waals surface area contributed by atoms with Crippen molar-refractivity contribution in [3.8, 4) is 6.07 Å². The normalized spacial score (nSPS) is 12.9. The van der Waals surface area contributed by atoms with Gasteiger partial charge in [0.2, 0.25) is 0 Å². The Hall–Kier alpha value is -2.42. The number of hydrogen-bond acceptors (Lipinski definition) is 5. The minimum absolute atomic E-state index is 0.204. The Kier molecular flexibility index (Phi) is 5.48. The van der Waals surface area contributed by atoms with E-state index in [1.807, 2.05) is 6.07 Å². The molecule has 0 bridgehead atoms. The second kappa shape index (κ2) is 7.11. The fraction of sp³-hybridized carbons (Fsp3) is 0.385. The monoisotopic (exact) mass is 261 g/mol. The van der Waals surface area contributed by atoms with Gasteiger partial charge >= 0.3 is 5.97 Å². The van der Waals surface area contributed by atoms with E-state index < -0.39 is 17.9 Å². The number of aromatic nitrogens is 1. The summed E-state index contributed by atoms with van der Waals surface area (Å²) in [5.41, 5.74) is 0.348. The van der Waals surface area contributed by atoms with Crippen molar-refractivity contribution in [2.45, 2.75) is 19.4 Å². The first-order valence-electron chi connectivity index (χ1n) is 5.76. The summed E-state index contributed by atoms with van der Waals surface area (Å²) >= 11 is 0. The van der Waals surface area contributed by atoms with Crippen LogP contribution in [0.1, 0.15) is 23.7 Å². The molecule has 1 N–H and O–H groups in total. The number of methoxy groups -OCH3 is 1. The predicted molar refractivity (Wildman–Crippen MR) is 66.9 cm³/mol. The second-order valence-electron chi connectivity index (χ2n) is 4.06. The lowest BCUT2D eigenvalue weighted by Crippen LogP contribution is -2.42. The summed E-state index contributed by atoms with van der Waals surface area (Å²) in [7, 11) is 1.24. The van der Waals surface area contributed by atoms with Crippen LogP contribution in [0.15, 0.2) is 24.5 Å². The molecule has 1 heterocycles. The number of carbonyl (C=O) groups is 2. The van der Waals surface area contributed by atoms with Crippen LogP contribution in [0.25, 0.3) is 0 Å². The van der Waals surface area contributed by atoms with Crippen LogP contribution in [-0.2, 0) is 9.53 Å². The van der Waals surface area contributed by atoms with Gasteiger partial charge in [-0.2, -0.15) is 5.26 Å². The predicted octanol–water partition coefficient (Wildman–Crippen LogP) is 0.903. The average Bonchev–Trinajstić information content (AvgIpc) is 2.46. The maximum Gasteiger partial charge on any atom is 0.328 e. The molecule has 6 heteroatoms. The first-order valence-corrected chi connectivity index (χ1v) is 5.76. The number of nitrogens with zero attached hydrogens (tertiary/aromatic N) is 2. The molecule has 1 rings (SSSR count). The molecule has 0 saturated heterocycles. The molecule has 0 radical (unpaired) electrons. The molecule has 19 heavy (non-hydrogen) atoms. The molecular weight excluding hydrogens is 246 g/mol. The number of rotatable bonds is 5. The van der Waals surface area contributed by atoms with Crippen molar-refractivity contribution in [2.75, 3.05) is 7.11 Å². The summed E-state index contributed by atoms with van der Waals surface area (Å²) in [5.74, 6) is -1.36. The van der Waals surface area contributed by atoms with E-state index in [2.05, 4.69) is 15.0 Å². The van der Waals surface area contributed by atoms with E-state index in [1.54, 1.807) is 25.3 Å². The number of esters is 1. The Balaban J connectivity index is 2.75. The van der Waals surface area contributed by atoms with Gasteiger partial charge < -0.3 is 10.1 Å². The molecule has 0 aromatic carbocycles. The van der Waals surface area contributed by atoms with E-state index in [-0.39, 0.29) is 12.3 Å². The molecule has 2 atom stereocenters. The third-order valence-corrected chi connectivity index (χ3v) is 2.52. The SMILES string of the molecule is COC(=O)[C@@H](C[C@H](C)C#N)NC(=O)c1cccnc1. The lowest BCUT2D eigenvalue weighted by Gasteiger charge is -2.17. The van der Waals surface area contributed by atoms with Crippen molar-refractivity contribution < 1.29 is 14.3 Å². The number of hydrogen-bond donors (Lipinski definition) is 1. The van der Waals surface area contributed by atoms with Crippen LogP contribution in [-0.4, -0.2) is 30.0 Å². The Labute approximate surface area is 111 Å². The molecule has 6 nitrogen and oxygen atoms in total. The van der Waals surface area contributed by atoms with Crippen LogP contribution in [0.2, 0.25) is 0 Å². The number of ether oxygens (including phenoxy) is 1. The van der Waals surface area contributed by atoms with Crippen LogP contribution in [0.5, 0.6) is 0 Å². The molecule has 1 aromatic rings. The van der Waals surface area contributed by atoms with E-state index in [0.717, 1.165) is 0 Å². The molecule has 0 saturated carbocycles. The largest absolute Gasteiger partial charge is 0.467 e. The smallest absolute Gasteiger partial charge is 0.328 e. The van der Waals surface area contributed by atoms with Crippen molar-refractivity contribution in [3.63, 3.8) is 0 Å². The summed E-state index contributed by atoms with van der Waals surface area (Å²) in [6.45, 7) is 1.67. The van der Waals surface area contributed by atoms with Gasteiger partial charge in [-0.25, -0.2) is 4.79 Å². The van der Waals surface area contributed by atoms with Gasteiger partial charge in [0, 0.05) is 18.3 Å². The van der Waals surface area contributed by atoms with Crippen LogP contribution < -0.4 is 5.32 Å². The zero-order valence-electron chi connectivity index (χ0n) is 10.8. The lowest BCUT2D eigenvalue weighted by molar-refractivity contribution is -0.143. The van der Waals surface area contributed by atoms with Crippen LogP contribution in [0.3, 0.4) is 0 Å². The highest BCUT2D eigenvalue weighted by Crippen LogP contribution is 2.07. The molecule has 0 unspecified atom stereocenters. The second-order valence-corrected chi connectivity index (χ2v) is 4.06. The Morgan fingerprint density at radius 3 is 2.84 bits per heavy atom. The lowest BCUT2D eigenvalue weighted by atomic mass is 10.0. The zero-order chi connectivity index (χ0) is 14.3. The average molecular weight is 261 g/mol. The summed E-state index contributed by atoms with van der Waals surface area (Å²) in [6.07, 6.45) is 3.15. The fourth-order valence-electron chi connectivity index (χ4n) is 1.50. The summed E-state index contributed by atoms with van der Waals surface area (Å²) in [4.78, 5) is 27.3. The quantitative estimate of drug-likeness (QED) is 0.795. The van der Waals surface area contributed by atoms with Gasteiger partial charge in [-0.15, -0.1) is 0 Å². The Bertz CT molecular complexity index is 482. The molecule has 0 aliphatic rings. The van der Waals surface area contributed by atoms with E-state index >= 15 is 0 Å². The molecule has 0 fully saturated rings. The van der Waals surface area contributed by atoms with E-state index in [9.17, 15) is 9.59 Å². The van der Waals surface area contributed by atoms with Crippen molar-refractivity contribution in [3.05, 3.63) is 30.1 Å². The number of amides is 1. The molecule has 0 spiro atoms. The van der Waals surface area contributed by atoms with E-state index in [1.165, 1.54) is 13.3 Å². The molecular formula is C13H15N3O3. The number of nitrogens with one attached hydrogen (secondary N) is 1. The zero-order valence-corrected chi connectivity index (χ0v) is 10.8. The highest BCUT2D eigenvalue weighted by atomic mass is 16.5. The van der Waals surface area contributed by atoms with Crippen LogP contribution >= 0.6 is 0 Å². The van der Waals surface area contributed by atoms with Gasteiger partial charge in [-0.05, 0) is 25.5 Å². The maximum absolute atomic E-state index is 11.9.